The Kier molecular flexibility index (Phi) is 3.00. The third kappa shape index (κ3) is 2.34. The maximum Gasteiger partial charge on any atom is 0.126 e. The van der Waals surface area contributed by atoms with Crippen molar-refractivity contribution < 1.29 is 8.78 Å². The third-order valence-electron chi connectivity index (χ3n) is 3.13. The molecule has 1 fully saturated rings. The maximum absolute atomic E-state index is 13.0. The van der Waals surface area contributed by atoms with Gasteiger partial charge in [-0.15, -0.1) is 0 Å². The summed E-state index contributed by atoms with van der Waals surface area (Å²) in [4.78, 5) is 0. The van der Waals surface area contributed by atoms with Crippen LogP contribution in [0.3, 0.4) is 0 Å². The number of nitrogens with two attached hydrogens (primary N) is 1. The molecule has 1 aliphatic rings. The van der Waals surface area contributed by atoms with Gasteiger partial charge in [0.25, 0.3) is 0 Å². The van der Waals surface area contributed by atoms with E-state index in [1.807, 2.05) is 0 Å². The molecule has 0 saturated heterocycles. The first-order valence-electron chi connectivity index (χ1n) is 5.38. The lowest BCUT2D eigenvalue weighted by Crippen LogP contribution is -2.31. The molecule has 15 heavy (non-hydrogen) atoms. The minimum Gasteiger partial charge on any atom is -0.327 e. The van der Waals surface area contributed by atoms with Gasteiger partial charge in [0, 0.05) is 12.1 Å². The van der Waals surface area contributed by atoms with E-state index in [0.717, 1.165) is 31.7 Å². The molecule has 0 bridgehead atoms. The Labute approximate surface area is 88.3 Å². The molecule has 1 aromatic carbocycles. The van der Waals surface area contributed by atoms with Crippen LogP contribution in [0.4, 0.5) is 8.78 Å². The van der Waals surface area contributed by atoms with Gasteiger partial charge in [-0.3, -0.25) is 0 Å². The first-order chi connectivity index (χ1) is 7.16. The summed E-state index contributed by atoms with van der Waals surface area (Å²) in [7, 11) is 0. The van der Waals surface area contributed by atoms with Crippen LogP contribution in [0.5, 0.6) is 0 Å². The van der Waals surface area contributed by atoms with Gasteiger partial charge in [-0.25, -0.2) is 8.78 Å². The van der Waals surface area contributed by atoms with E-state index < -0.39 is 11.6 Å². The second kappa shape index (κ2) is 4.27. The molecule has 2 N–H and O–H groups in total. The van der Waals surface area contributed by atoms with Gasteiger partial charge in [-0.05, 0) is 36.5 Å². The lowest BCUT2D eigenvalue weighted by atomic mass is 9.80. The van der Waals surface area contributed by atoms with E-state index in [4.69, 9.17) is 5.73 Å². The summed E-state index contributed by atoms with van der Waals surface area (Å²) >= 11 is 0. The van der Waals surface area contributed by atoms with Gasteiger partial charge in [0.05, 0.1) is 0 Å². The highest BCUT2D eigenvalue weighted by Crippen LogP contribution is 2.32. The lowest BCUT2D eigenvalue weighted by molar-refractivity contribution is 0.383. The number of halogens is 2. The fourth-order valence-electron chi connectivity index (χ4n) is 2.36. The second-order valence-electron chi connectivity index (χ2n) is 4.26. The van der Waals surface area contributed by atoms with Gasteiger partial charge in [0.1, 0.15) is 11.6 Å². The minimum atomic E-state index is -0.511. The average molecular weight is 211 g/mol. The Morgan fingerprint density at radius 3 is 2.20 bits per heavy atom. The summed E-state index contributed by atoms with van der Waals surface area (Å²) < 4.78 is 26.1. The van der Waals surface area contributed by atoms with Crippen LogP contribution in [-0.4, -0.2) is 6.04 Å². The first-order valence-corrected chi connectivity index (χ1v) is 5.38. The molecule has 0 amide bonds. The molecule has 2 atom stereocenters. The Morgan fingerprint density at radius 2 is 1.60 bits per heavy atom. The van der Waals surface area contributed by atoms with E-state index in [0.29, 0.717) is 5.56 Å². The quantitative estimate of drug-likeness (QED) is 0.759. The van der Waals surface area contributed by atoms with Crippen LogP contribution >= 0.6 is 0 Å². The monoisotopic (exact) mass is 211 g/mol. The highest BCUT2D eigenvalue weighted by Gasteiger charge is 2.24. The van der Waals surface area contributed by atoms with Gasteiger partial charge in [0.15, 0.2) is 0 Å². The smallest absolute Gasteiger partial charge is 0.126 e. The van der Waals surface area contributed by atoms with E-state index in [-0.39, 0.29) is 12.0 Å². The van der Waals surface area contributed by atoms with Gasteiger partial charge in [-0.2, -0.15) is 0 Å². The van der Waals surface area contributed by atoms with Gasteiger partial charge >= 0.3 is 0 Å². The molecule has 1 saturated carbocycles. The molecule has 2 unspecified atom stereocenters. The summed E-state index contributed by atoms with van der Waals surface area (Å²) in [6, 6.07) is 3.75. The molecule has 0 radical (unpaired) electrons. The zero-order valence-electron chi connectivity index (χ0n) is 8.55. The van der Waals surface area contributed by atoms with Crippen LogP contribution in [-0.2, 0) is 0 Å². The van der Waals surface area contributed by atoms with Crippen LogP contribution in [0.25, 0.3) is 0 Å². The van der Waals surface area contributed by atoms with E-state index in [2.05, 4.69) is 0 Å². The molecule has 1 aliphatic carbocycles. The first kappa shape index (κ1) is 10.6. The van der Waals surface area contributed by atoms with Crippen molar-refractivity contribution in [3.05, 3.63) is 35.4 Å². The molecule has 3 heteroatoms. The van der Waals surface area contributed by atoms with Gasteiger partial charge in [0.2, 0.25) is 0 Å². The van der Waals surface area contributed by atoms with Crippen LogP contribution in [0.15, 0.2) is 18.2 Å². The van der Waals surface area contributed by atoms with Gasteiger partial charge in [-0.1, -0.05) is 12.8 Å². The molecular weight excluding hydrogens is 196 g/mol. The van der Waals surface area contributed by atoms with Crippen LogP contribution in [0.1, 0.15) is 37.2 Å². The summed E-state index contributed by atoms with van der Waals surface area (Å²) in [5.74, 6) is -0.908. The van der Waals surface area contributed by atoms with Crippen molar-refractivity contribution in [1.29, 1.82) is 0 Å². The lowest BCUT2D eigenvalue weighted by Gasteiger charge is -2.28. The van der Waals surface area contributed by atoms with Crippen molar-refractivity contribution in [2.75, 3.05) is 0 Å². The number of benzene rings is 1. The largest absolute Gasteiger partial charge is 0.327 e. The normalized spacial score (nSPS) is 26.6. The summed E-state index contributed by atoms with van der Waals surface area (Å²) in [6.45, 7) is 0. The standard InChI is InChI=1S/C12H15F2N/c13-9-5-8(6-10(14)7-9)11-3-1-2-4-12(11)15/h5-7,11-12H,1-4,15H2. The average Bonchev–Trinajstić information content (AvgIpc) is 2.16. The van der Waals surface area contributed by atoms with E-state index in [1.165, 1.54) is 12.1 Å². The van der Waals surface area contributed by atoms with Gasteiger partial charge < -0.3 is 5.73 Å². The summed E-state index contributed by atoms with van der Waals surface area (Å²) in [5.41, 5.74) is 6.67. The van der Waals surface area contributed by atoms with Crippen LogP contribution < -0.4 is 5.73 Å². The summed E-state index contributed by atoms with van der Waals surface area (Å²) in [5, 5.41) is 0. The minimum absolute atomic E-state index is 0.0416. The van der Waals surface area contributed by atoms with E-state index in [9.17, 15) is 8.78 Å². The van der Waals surface area contributed by atoms with E-state index in [1.54, 1.807) is 0 Å². The maximum atomic E-state index is 13.0. The molecule has 1 aromatic rings. The van der Waals surface area contributed by atoms with Crippen molar-refractivity contribution in [1.82, 2.24) is 0 Å². The highest BCUT2D eigenvalue weighted by atomic mass is 19.1. The van der Waals surface area contributed by atoms with E-state index >= 15 is 0 Å². The molecule has 82 valence electrons. The zero-order valence-corrected chi connectivity index (χ0v) is 8.55. The Bertz CT molecular complexity index is 331. The second-order valence-corrected chi connectivity index (χ2v) is 4.26. The molecule has 0 heterocycles. The Balaban J connectivity index is 2.27. The molecule has 0 aliphatic heterocycles. The zero-order chi connectivity index (χ0) is 10.8. The molecule has 0 aromatic heterocycles. The van der Waals surface area contributed by atoms with Crippen molar-refractivity contribution in [3.8, 4) is 0 Å². The predicted molar refractivity (Wildman–Crippen MR) is 55.5 cm³/mol. The fourth-order valence-corrected chi connectivity index (χ4v) is 2.36. The Morgan fingerprint density at radius 1 is 1.00 bits per heavy atom. The molecular formula is C12H15F2N. The molecule has 1 nitrogen and oxygen atoms in total. The number of hydrogen-bond acceptors (Lipinski definition) is 1. The molecule has 0 spiro atoms. The molecule has 2 rings (SSSR count). The van der Waals surface area contributed by atoms with Crippen molar-refractivity contribution in [2.24, 2.45) is 5.73 Å². The van der Waals surface area contributed by atoms with Crippen LogP contribution in [0, 0.1) is 11.6 Å². The number of hydrogen-bond donors (Lipinski definition) is 1. The number of rotatable bonds is 1. The third-order valence-corrected chi connectivity index (χ3v) is 3.13. The Hall–Kier alpha value is -0.960. The van der Waals surface area contributed by atoms with Crippen molar-refractivity contribution in [3.63, 3.8) is 0 Å². The SMILES string of the molecule is NC1CCCCC1c1cc(F)cc(F)c1. The summed E-state index contributed by atoms with van der Waals surface area (Å²) in [6.07, 6.45) is 4.10. The predicted octanol–water partition coefficient (Wildman–Crippen LogP) is 2.95. The topological polar surface area (TPSA) is 26.0 Å². The van der Waals surface area contributed by atoms with Crippen molar-refractivity contribution in [2.45, 2.75) is 37.6 Å². The van der Waals surface area contributed by atoms with Crippen molar-refractivity contribution >= 4 is 0 Å². The fraction of sp³-hybridized carbons (Fsp3) is 0.500. The van der Waals surface area contributed by atoms with Crippen LogP contribution in [0.2, 0.25) is 0 Å². The highest BCUT2D eigenvalue weighted by molar-refractivity contribution is 5.23.